The lowest BCUT2D eigenvalue weighted by atomic mass is 10.2. The van der Waals surface area contributed by atoms with Crippen LogP contribution >= 0.6 is 22.3 Å². The molecule has 2 aliphatic heterocycles. The van der Waals surface area contributed by atoms with Crippen LogP contribution in [-0.2, 0) is 18.6 Å². The monoisotopic (exact) mass is 562 g/mol. The fraction of sp³-hybridized carbons (Fsp3) is 0.286. The van der Waals surface area contributed by atoms with Gasteiger partial charge < -0.3 is 9.80 Å². The van der Waals surface area contributed by atoms with Gasteiger partial charge in [0.05, 0.1) is 4.90 Å². The van der Waals surface area contributed by atoms with Crippen molar-refractivity contribution in [3.8, 4) is 0 Å². The number of hydrogen-bond acceptors (Lipinski definition) is 4. The van der Waals surface area contributed by atoms with Gasteiger partial charge in [0.25, 0.3) is 9.05 Å². The van der Waals surface area contributed by atoms with Crippen molar-refractivity contribution in [2.45, 2.75) is 43.9 Å². The summed E-state index contributed by atoms with van der Waals surface area (Å²) in [5.41, 5.74) is 2.98. The first-order valence-electron chi connectivity index (χ1n) is 11.5. The van der Waals surface area contributed by atoms with Crippen LogP contribution < -0.4 is 9.80 Å². The summed E-state index contributed by atoms with van der Waals surface area (Å²) in [6.07, 6.45) is 2.44. The topological polar surface area (TPSA) is 74.8 Å². The molecule has 6 nitrogen and oxygen atoms in total. The lowest BCUT2D eigenvalue weighted by Crippen LogP contribution is -2.26. The quantitative estimate of drug-likeness (QED) is 0.273. The molecule has 0 aromatic heterocycles. The summed E-state index contributed by atoms with van der Waals surface area (Å²) in [6.45, 7) is 3.49. The summed E-state index contributed by atoms with van der Waals surface area (Å²) >= 11 is 5.82. The zero-order valence-electron chi connectivity index (χ0n) is 19.9. The van der Waals surface area contributed by atoms with Crippen LogP contribution in [0, 0.1) is 6.92 Å². The number of carbonyl (C=O) groups excluding carboxylic acids is 2. The van der Waals surface area contributed by atoms with E-state index in [9.17, 15) is 18.0 Å². The molecule has 3 aromatic carbocycles. The fourth-order valence-electron chi connectivity index (χ4n) is 3.74. The minimum atomic E-state index is -3.55. The van der Waals surface area contributed by atoms with Crippen molar-refractivity contribution in [2.24, 2.45) is 0 Å². The Morgan fingerprint density at radius 1 is 0.784 bits per heavy atom. The molecule has 37 heavy (non-hydrogen) atoms. The van der Waals surface area contributed by atoms with Crippen molar-refractivity contribution in [1.29, 1.82) is 0 Å². The van der Waals surface area contributed by atoms with Gasteiger partial charge in [-0.3, -0.25) is 9.59 Å². The van der Waals surface area contributed by atoms with Crippen molar-refractivity contribution >= 4 is 54.5 Å². The fourth-order valence-corrected chi connectivity index (χ4v) is 4.72. The van der Waals surface area contributed by atoms with Crippen LogP contribution in [0.15, 0.2) is 89.8 Å². The number of carbonyl (C=O) groups is 2. The van der Waals surface area contributed by atoms with E-state index in [0.717, 1.165) is 42.9 Å². The molecule has 0 aliphatic carbocycles. The zero-order chi connectivity index (χ0) is 26.1. The van der Waals surface area contributed by atoms with Gasteiger partial charge in [0.2, 0.25) is 11.8 Å². The number of anilines is 2. The second-order valence-electron chi connectivity index (χ2n) is 8.32. The number of rotatable bonds is 3. The van der Waals surface area contributed by atoms with Crippen LogP contribution in [0.3, 0.4) is 0 Å². The average molecular weight is 564 g/mol. The third kappa shape index (κ3) is 8.88. The number of hydrogen-bond donors (Lipinski definition) is 0. The highest BCUT2D eigenvalue weighted by Crippen LogP contribution is 2.23. The maximum Gasteiger partial charge on any atom is 0.261 e. The smallest absolute Gasteiger partial charge is 0.261 e. The standard InChI is InChI=1S/C10H10ClNO.C10H11NO.C7H7ClO2S.CH4/c11-9-6-7-12(10(9)13)8-4-2-1-3-5-8;12-10-7-4-8-11(10)9-5-2-1-3-6-9;1-6-2-4-7(5-3-6)11(8,9)10;/h1-5,9H,6-7H2;1-3,5-6H,4,7-8H2;2-5H,1H3;1H4. The van der Waals surface area contributed by atoms with Gasteiger partial charge in [-0.1, -0.05) is 61.5 Å². The maximum atomic E-state index is 11.5. The van der Waals surface area contributed by atoms with E-state index >= 15 is 0 Å². The largest absolute Gasteiger partial charge is 0.312 e. The van der Waals surface area contributed by atoms with E-state index in [0.29, 0.717) is 6.42 Å². The number of aryl methyl sites for hydroxylation is 1. The number of amides is 2. The Kier molecular flexibility index (Phi) is 11.6. The summed E-state index contributed by atoms with van der Waals surface area (Å²) in [4.78, 5) is 26.5. The molecule has 0 N–H and O–H groups in total. The number of benzene rings is 3. The Balaban J connectivity index is 0.000000193. The third-order valence-electron chi connectivity index (χ3n) is 5.65. The van der Waals surface area contributed by atoms with Crippen LogP contribution in [0.1, 0.15) is 32.3 Å². The van der Waals surface area contributed by atoms with E-state index in [1.54, 1.807) is 17.0 Å². The van der Waals surface area contributed by atoms with E-state index in [2.05, 4.69) is 0 Å². The summed E-state index contributed by atoms with van der Waals surface area (Å²) in [5, 5.41) is -0.333. The molecule has 0 saturated carbocycles. The molecule has 1 atom stereocenters. The zero-order valence-corrected chi connectivity index (χ0v) is 22.2. The second kappa shape index (κ2) is 14.2. The molecule has 0 radical (unpaired) electrons. The van der Waals surface area contributed by atoms with Crippen molar-refractivity contribution in [2.75, 3.05) is 22.9 Å². The van der Waals surface area contributed by atoms with E-state index in [1.807, 2.05) is 72.5 Å². The lowest BCUT2D eigenvalue weighted by molar-refractivity contribution is -0.117. The summed E-state index contributed by atoms with van der Waals surface area (Å²) in [5.74, 6) is 0.272. The van der Waals surface area contributed by atoms with Gasteiger partial charge >= 0.3 is 0 Å². The maximum absolute atomic E-state index is 11.5. The van der Waals surface area contributed by atoms with E-state index in [4.69, 9.17) is 22.3 Å². The molecule has 0 spiro atoms. The van der Waals surface area contributed by atoms with Crippen LogP contribution in [0.2, 0.25) is 0 Å². The Hall–Kier alpha value is -2.87. The van der Waals surface area contributed by atoms with E-state index in [-0.39, 0.29) is 29.5 Å². The average Bonchev–Trinajstić information content (AvgIpc) is 3.45. The summed E-state index contributed by atoms with van der Waals surface area (Å²) in [6, 6.07) is 25.8. The molecule has 1 unspecified atom stereocenters. The predicted octanol–water partition coefficient (Wildman–Crippen LogP) is 6.40. The first-order valence-corrected chi connectivity index (χ1v) is 14.3. The molecule has 2 heterocycles. The molecule has 2 aliphatic rings. The molecule has 9 heteroatoms. The highest BCUT2D eigenvalue weighted by atomic mass is 35.7. The second-order valence-corrected chi connectivity index (χ2v) is 11.4. The van der Waals surface area contributed by atoms with Crippen molar-refractivity contribution in [3.05, 3.63) is 90.5 Å². The third-order valence-corrected chi connectivity index (χ3v) is 7.43. The SMILES string of the molecule is C.Cc1ccc(S(=O)(=O)Cl)cc1.O=C1C(Cl)CCN1c1ccccc1.O=C1CCCN1c1ccccc1. The van der Waals surface area contributed by atoms with Crippen molar-refractivity contribution in [1.82, 2.24) is 0 Å². The molecular formula is C28H32Cl2N2O4S. The van der Waals surface area contributed by atoms with Crippen molar-refractivity contribution < 1.29 is 18.0 Å². The van der Waals surface area contributed by atoms with Crippen LogP contribution in [-0.4, -0.2) is 38.7 Å². The van der Waals surface area contributed by atoms with Crippen LogP contribution in [0.5, 0.6) is 0 Å². The van der Waals surface area contributed by atoms with Gasteiger partial charge in [-0.05, 0) is 56.2 Å². The predicted molar refractivity (Wildman–Crippen MR) is 152 cm³/mol. The number of halogens is 2. The van der Waals surface area contributed by atoms with E-state index in [1.165, 1.54) is 12.1 Å². The minimum absolute atomic E-state index is 0. The highest BCUT2D eigenvalue weighted by molar-refractivity contribution is 8.13. The molecule has 2 fully saturated rings. The van der Waals surface area contributed by atoms with Gasteiger partial charge in [-0.15, -0.1) is 11.6 Å². The molecular weight excluding hydrogens is 531 g/mol. The van der Waals surface area contributed by atoms with Gasteiger partial charge in [0.1, 0.15) is 5.38 Å². The summed E-state index contributed by atoms with van der Waals surface area (Å²) in [7, 11) is 1.54. The molecule has 2 amide bonds. The number of alkyl halides is 1. The van der Waals surface area contributed by atoms with Crippen LogP contribution in [0.25, 0.3) is 0 Å². The minimum Gasteiger partial charge on any atom is -0.312 e. The number of nitrogens with zero attached hydrogens (tertiary/aromatic N) is 2. The van der Waals surface area contributed by atoms with Crippen molar-refractivity contribution in [3.63, 3.8) is 0 Å². The van der Waals surface area contributed by atoms with Gasteiger partial charge in [-0.25, -0.2) is 8.42 Å². The van der Waals surface area contributed by atoms with Crippen LogP contribution in [0.4, 0.5) is 11.4 Å². The molecule has 0 bridgehead atoms. The molecule has 2 saturated heterocycles. The van der Waals surface area contributed by atoms with Gasteiger partial charge in [-0.2, -0.15) is 0 Å². The van der Waals surface area contributed by atoms with E-state index < -0.39 is 9.05 Å². The molecule has 198 valence electrons. The normalized spacial score (nSPS) is 16.8. The first kappa shape index (κ1) is 30.4. The Labute approximate surface area is 229 Å². The lowest BCUT2D eigenvalue weighted by Gasteiger charge is -2.15. The Morgan fingerprint density at radius 2 is 1.30 bits per heavy atom. The summed E-state index contributed by atoms with van der Waals surface area (Å²) < 4.78 is 21.4. The van der Waals surface area contributed by atoms with Gasteiger partial charge in [0, 0.05) is 41.6 Å². The Morgan fingerprint density at radius 3 is 1.70 bits per heavy atom. The molecule has 5 rings (SSSR count). The van der Waals surface area contributed by atoms with Gasteiger partial charge in [0.15, 0.2) is 0 Å². The Bertz CT molecular complexity index is 1250. The molecule has 3 aromatic rings. The number of para-hydroxylation sites is 2. The highest BCUT2D eigenvalue weighted by Gasteiger charge is 2.30. The first-order chi connectivity index (χ1) is 17.2.